The molecule has 4 N–H and O–H groups in total. The summed E-state index contributed by atoms with van der Waals surface area (Å²) >= 11 is 0. The molecular weight excluding hydrogens is 250 g/mol. The fraction of sp³-hybridized carbons (Fsp3) is 0.0667. The average molecular weight is 263 g/mol. The molecule has 20 heavy (non-hydrogen) atoms. The zero-order valence-corrected chi connectivity index (χ0v) is 10.7. The smallest absolute Gasteiger partial charge is 0.114 e. The first kappa shape index (κ1) is 11.0. The summed E-state index contributed by atoms with van der Waals surface area (Å²) in [4.78, 5) is 15.7. The van der Waals surface area contributed by atoms with Crippen LogP contribution in [0.1, 0.15) is 11.6 Å². The van der Waals surface area contributed by atoms with Crippen LogP contribution < -0.4 is 5.73 Å². The Morgan fingerprint density at radius 1 is 0.850 bits per heavy atom. The second-order valence-corrected chi connectivity index (χ2v) is 4.84. The summed E-state index contributed by atoms with van der Waals surface area (Å²) < 4.78 is 0. The Hall–Kier alpha value is -2.82. The van der Waals surface area contributed by atoms with E-state index in [0.717, 1.165) is 39.4 Å². The Bertz CT molecular complexity index is 870. The molecule has 0 aliphatic rings. The number of hydrogen-bond donors (Lipinski definition) is 3. The summed E-state index contributed by atoms with van der Waals surface area (Å²) in [5.74, 6) is 1.78. The van der Waals surface area contributed by atoms with E-state index in [0.29, 0.717) is 6.42 Å². The first-order valence-electron chi connectivity index (χ1n) is 6.46. The molecule has 0 saturated heterocycles. The quantitative estimate of drug-likeness (QED) is 0.486. The Kier molecular flexibility index (Phi) is 2.26. The van der Waals surface area contributed by atoms with E-state index < -0.39 is 0 Å². The van der Waals surface area contributed by atoms with E-state index in [1.165, 1.54) is 0 Å². The molecule has 0 saturated carbocycles. The van der Waals surface area contributed by atoms with Gasteiger partial charge in [-0.3, -0.25) is 0 Å². The van der Waals surface area contributed by atoms with E-state index in [2.05, 4.69) is 19.9 Å². The average Bonchev–Trinajstić information content (AvgIpc) is 3.00. The number of aromatic amines is 2. The molecule has 0 unspecified atom stereocenters. The summed E-state index contributed by atoms with van der Waals surface area (Å²) in [5.41, 5.74) is 10.4. The van der Waals surface area contributed by atoms with Gasteiger partial charge < -0.3 is 15.7 Å². The molecule has 5 heteroatoms. The molecule has 0 amide bonds. The zero-order valence-electron chi connectivity index (χ0n) is 10.7. The highest BCUT2D eigenvalue weighted by Crippen LogP contribution is 2.17. The maximum atomic E-state index is 5.77. The van der Waals surface area contributed by atoms with Crippen molar-refractivity contribution in [2.45, 2.75) is 6.42 Å². The Morgan fingerprint density at radius 2 is 1.55 bits per heavy atom. The number of fused-ring (bicyclic) bond motifs is 2. The Balaban J connectivity index is 1.72. The van der Waals surface area contributed by atoms with Crippen LogP contribution in [-0.4, -0.2) is 19.9 Å². The third-order valence-corrected chi connectivity index (χ3v) is 3.33. The van der Waals surface area contributed by atoms with Crippen LogP contribution in [0.3, 0.4) is 0 Å². The number of para-hydroxylation sites is 2. The number of nitrogens with two attached hydrogens (primary N) is 1. The van der Waals surface area contributed by atoms with Crippen molar-refractivity contribution in [3.8, 4) is 0 Å². The Morgan fingerprint density at radius 3 is 2.35 bits per heavy atom. The van der Waals surface area contributed by atoms with E-state index in [9.17, 15) is 0 Å². The van der Waals surface area contributed by atoms with E-state index in [1.807, 2.05) is 42.5 Å². The highest BCUT2D eigenvalue weighted by atomic mass is 15.0. The van der Waals surface area contributed by atoms with Gasteiger partial charge in [-0.15, -0.1) is 0 Å². The van der Waals surface area contributed by atoms with Gasteiger partial charge in [0.2, 0.25) is 0 Å². The lowest BCUT2D eigenvalue weighted by Gasteiger charge is -1.91. The van der Waals surface area contributed by atoms with Crippen molar-refractivity contribution in [2.24, 2.45) is 0 Å². The lowest BCUT2D eigenvalue weighted by Crippen LogP contribution is -1.92. The number of hydrogen-bond acceptors (Lipinski definition) is 3. The van der Waals surface area contributed by atoms with Crippen LogP contribution in [0.15, 0.2) is 42.5 Å². The molecule has 2 aromatic carbocycles. The molecule has 98 valence electrons. The summed E-state index contributed by atoms with van der Waals surface area (Å²) in [6.45, 7) is 0. The lowest BCUT2D eigenvalue weighted by atomic mass is 10.3. The van der Waals surface area contributed by atoms with Crippen molar-refractivity contribution >= 4 is 27.8 Å². The highest BCUT2D eigenvalue weighted by molar-refractivity contribution is 5.79. The molecule has 0 aliphatic heterocycles. The zero-order chi connectivity index (χ0) is 13.5. The van der Waals surface area contributed by atoms with Gasteiger partial charge in [-0.1, -0.05) is 12.1 Å². The number of nitrogens with one attached hydrogen (secondary N) is 2. The second-order valence-electron chi connectivity index (χ2n) is 4.84. The number of imidazole rings is 2. The fourth-order valence-corrected chi connectivity index (χ4v) is 2.41. The van der Waals surface area contributed by atoms with Crippen molar-refractivity contribution in [3.05, 3.63) is 54.1 Å². The molecule has 0 radical (unpaired) electrons. The SMILES string of the molecule is Nc1ccc2nc(Cc3nc4ccccc4[nH]3)[nH]c2c1. The van der Waals surface area contributed by atoms with Gasteiger partial charge in [-0.2, -0.15) is 0 Å². The van der Waals surface area contributed by atoms with Crippen LogP contribution in [0.2, 0.25) is 0 Å². The van der Waals surface area contributed by atoms with Crippen molar-refractivity contribution in [3.63, 3.8) is 0 Å². The number of nitrogen functional groups attached to an aromatic ring is 1. The highest BCUT2D eigenvalue weighted by Gasteiger charge is 2.07. The first-order valence-corrected chi connectivity index (χ1v) is 6.46. The van der Waals surface area contributed by atoms with Gasteiger partial charge in [-0.05, 0) is 30.3 Å². The third kappa shape index (κ3) is 1.80. The second kappa shape index (κ2) is 4.09. The number of anilines is 1. The van der Waals surface area contributed by atoms with E-state index in [4.69, 9.17) is 5.73 Å². The van der Waals surface area contributed by atoms with Gasteiger partial charge in [0.05, 0.1) is 28.5 Å². The van der Waals surface area contributed by atoms with Gasteiger partial charge in [0, 0.05) is 5.69 Å². The van der Waals surface area contributed by atoms with Crippen LogP contribution in [0.5, 0.6) is 0 Å². The van der Waals surface area contributed by atoms with Crippen molar-refractivity contribution in [1.82, 2.24) is 19.9 Å². The first-order chi connectivity index (χ1) is 9.78. The topological polar surface area (TPSA) is 83.4 Å². The summed E-state index contributed by atoms with van der Waals surface area (Å²) in [6, 6.07) is 13.7. The molecular formula is C15H13N5. The molecule has 5 nitrogen and oxygen atoms in total. The van der Waals surface area contributed by atoms with Crippen LogP contribution >= 0.6 is 0 Å². The van der Waals surface area contributed by atoms with Gasteiger partial charge >= 0.3 is 0 Å². The van der Waals surface area contributed by atoms with Crippen molar-refractivity contribution in [1.29, 1.82) is 0 Å². The van der Waals surface area contributed by atoms with E-state index in [-0.39, 0.29) is 0 Å². The van der Waals surface area contributed by atoms with Crippen LogP contribution in [0.4, 0.5) is 5.69 Å². The summed E-state index contributed by atoms with van der Waals surface area (Å²) in [7, 11) is 0. The van der Waals surface area contributed by atoms with Gasteiger partial charge in [0.25, 0.3) is 0 Å². The summed E-state index contributed by atoms with van der Waals surface area (Å²) in [5, 5.41) is 0. The van der Waals surface area contributed by atoms with Gasteiger partial charge in [-0.25, -0.2) is 9.97 Å². The third-order valence-electron chi connectivity index (χ3n) is 3.33. The molecule has 4 aromatic rings. The van der Waals surface area contributed by atoms with Gasteiger partial charge in [0.1, 0.15) is 11.6 Å². The number of nitrogens with zero attached hydrogens (tertiary/aromatic N) is 2. The van der Waals surface area contributed by atoms with Crippen LogP contribution in [0, 0.1) is 0 Å². The largest absolute Gasteiger partial charge is 0.399 e. The maximum Gasteiger partial charge on any atom is 0.114 e. The molecule has 4 rings (SSSR count). The molecule has 0 aliphatic carbocycles. The fourth-order valence-electron chi connectivity index (χ4n) is 2.41. The molecule has 0 fully saturated rings. The minimum Gasteiger partial charge on any atom is -0.399 e. The molecule has 0 bridgehead atoms. The molecule has 2 aromatic heterocycles. The number of rotatable bonds is 2. The number of aromatic nitrogens is 4. The predicted octanol–water partition coefficient (Wildman–Crippen LogP) is 2.61. The molecule has 0 atom stereocenters. The number of H-pyrrole nitrogens is 2. The molecule has 0 spiro atoms. The van der Waals surface area contributed by atoms with Crippen molar-refractivity contribution in [2.75, 3.05) is 5.73 Å². The minimum atomic E-state index is 0.642. The normalized spacial score (nSPS) is 11.4. The van der Waals surface area contributed by atoms with Gasteiger partial charge in [0.15, 0.2) is 0 Å². The monoisotopic (exact) mass is 263 g/mol. The number of benzene rings is 2. The maximum absolute atomic E-state index is 5.77. The predicted molar refractivity (Wildman–Crippen MR) is 79.4 cm³/mol. The van der Waals surface area contributed by atoms with Crippen molar-refractivity contribution < 1.29 is 0 Å². The van der Waals surface area contributed by atoms with Crippen LogP contribution in [0.25, 0.3) is 22.1 Å². The Labute approximate surface area is 114 Å². The van der Waals surface area contributed by atoms with E-state index in [1.54, 1.807) is 0 Å². The minimum absolute atomic E-state index is 0.642. The lowest BCUT2D eigenvalue weighted by molar-refractivity contribution is 0.960. The van der Waals surface area contributed by atoms with Crippen LogP contribution in [-0.2, 0) is 6.42 Å². The summed E-state index contributed by atoms with van der Waals surface area (Å²) in [6.07, 6.45) is 0.642. The molecule has 2 heterocycles. The van der Waals surface area contributed by atoms with E-state index >= 15 is 0 Å². The standard InChI is InChI=1S/C15H13N5/c16-9-5-6-12-13(7-9)20-15(19-12)8-14-17-10-3-1-2-4-11(10)18-14/h1-7H,8,16H2,(H,17,18)(H,19,20).